The Kier molecular flexibility index (Phi) is 4.02. The molecule has 0 bridgehead atoms. The fraction of sp³-hybridized carbons (Fsp3) is 0.0625. The van der Waals surface area contributed by atoms with Gasteiger partial charge in [-0.2, -0.15) is 4.73 Å². The first kappa shape index (κ1) is 15.3. The summed E-state index contributed by atoms with van der Waals surface area (Å²) in [6, 6.07) is 9.63. The van der Waals surface area contributed by atoms with Crippen molar-refractivity contribution in [2.75, 3.05) is 5.32 Å². The molecule has 8 nitrogen and oxygen atoms in total. The molecule has 3 aromatic rings. The number of aromatic nitrogens is 3. The van der Waals surface area contributed by atoms with E-state index < -0.39 is 4.92 Å². The smallest absolute Gasteiger partial charge is 0.271 e. The van der Waals surface area contributed by atoms with Gasteiger partial charge in [0.2, 0.25) is 0 Å². The molecule has 0 saturated carbocycles. The van der Waals surface area contributed by atoms with Gasteiger partial charge in [0, 0.05) is 30.0 Å². The van der Waals surface area contributed by atoms with Crippen molar-refractivity contribution in [2.45, 2.75) is 6.92 Å². The molecular weight excluding hydrogens is 310 g/mol. The normalized spacial score (nSPS) is 10.4. The second-order valence-electron chi connectivity index (χ2n) is 5.12. The Morgan fingerprint density at radius 1 is 1.21 bits per heavy atom. The average molecular weight is 323 g/mol. The minimum absolute atomic E-state index is 0.00663. The maximum Gasteiger partial charge on any atom is 0.271 e. The van der Waals surface area contributed by atoms with Crippen LogP contribution in [0.2, 0.25) is 0 Å². The Balaban J connectivity index is 1.93. The van der Waals surface area contributed by atoms with Crippen LogP contribution in [0.1, 0.15) is 5.56 Å². The topological polar surface area (TPSA) is 108 Å². The van der Waals surface area contributed by atoms with E-state index in [0.717, 1.165) is 5.56 Å². The van der Waals surface area contributed by atoms with Crippen molar-refractivity contribution in [2.24, 2.45) is 0 Å². The van der Waals surface area contributed by atoms with E-state index in [0.29, 0.717) is 27.5 Å². The molecule has 0 spiro atoms. The van der Waals surface area contributed by atoms with Crippen molar-refractivity contribution in [1.82, 2.24) is 9.97 Å². The van der Waals surface area contributed by atoms with E-state index in [1.807, 2.05) is 6.92 Å². The van der Waals surface area contributed by atoms with E-state index in [2.05, 4.69) is 15.3 Å². The third-order valence-electron chi connectivity index (χ3n) is 3.43. The number of benzene rings is 1. The van der Waals surface area contributed by atoms with Gasteiger partial charge in [-0.25, -0.2) is 9.97 Å². The zero-order valence-electron chi connectivity index (χ0n) is 12.7. The number of pyridine rings is 1. The van der Waals surface area contributed by atoms with Crippen molar-refractivity contribution in [1.29, 1.82) is 0 Å². The molecule has 0 aliphatic heterocycles. The van der Waals surface area contributed by atoms with Crippen LogP contribution < -0.4 is 10.0 Å². The highest BCUT2D eigenvalue weighted by atomic mass is 16.6. The van der Waals surface area contributed by atoms with Gasteiger partial charge in [-0.05, 0) is 18.6 Å². The second kappa shape index (κ2) is 6.29. The first-order valence-corrected chi connectivity index (χ1v) is 7.06. The van der Waals surface area contributed by atoms with Gasteiger partial charge in [-0.3, -0.25) is 10.1 Å². The number of nitro benzene ring substituents is 1. The first-order valence-electron chi connectivity index (χ1n) is 7.06. The van der Waals surface area contributed by atoms with Crippen LogP contribution in [-0.4, -0.2) is 14.9 Å². The lowest BCUT2D eigenvalue weighted by Crippen LogP contribution is -2.24. The summed E-state index contributed by atoms with van der Waals surface area (Å²) in [5.74, 6) is 0.477. The zero-order chi connectivity index (χ0) is 17.1. The predicted molar refractivity (Wildman–Crippen MR) is 87.5 cm³/mol. The number of nitrogens with one attached hydrogen (secondary N) is 1. The van der Waals surface area contributed by atoms with Crippen LogP contribution in [0.4, 0.5) is 17.2 Å². The highest BCUT2D eigenvalue weighted by Gasteiger charge is 2.10. The molecule has 0 atom stereocenters. The maximum atomic E-state index is 11.4. The number of hydrogen-bond donors (Lipinski definition) is 1. The van der Waals surface area contributed by atoms with Gasteiger partial charge in [0.1, 0.15) is 12.1 Å². The fourth-order valence-electron chi connectivity index (χ4n) is 2.19. The highest BCUT2D eigenvalue weighted by molar-refractivity contribution is 5.67. The molecule has 1 N–H and O–H groups in total. The summed E-state index contributed by atoms with van der Waals surface area (Å²) in [6.07, 6.45) is 4.16. The standard InChI is InChI=1S/C16H13N5O3/c1-11-4-5-13(21(23)24)7-14(11)19-16-8-15(17-10-18-16)12-3-2-6-20(22)9-12/h2-10H,1H3,(H,17,18,19). The lowest BCUT2D eigenvalue weighted by Gasteiger charge is -2.09. The summed E-state index contributed by atoms with van der Waals surface area (Å²) in [7, 11) is 0. The van der Waals surface area contributed by atoms with Gasteiger partial charge in [0.05, 0.1) is 16.2 Å². The lowest BCUT2D eigenvalue weighted by atomic mass is 10.1. The SMILES string of the molecule is Cc1ccc([N+](=O)[O-])cc1Nc1cc(-c2ccc[n+]([O-])c2)ncn1. The fourth-order valence-corrected chi connectivity index (χ4v) is 2.19. The van der Waals surface area contributed by atoms with E-state index in [9.17, 15) is 15.3 Å². The Morgan fingerprint density at radius 3 is 2.79 bits per heavy atom. The molecule has 8 heteroatoms. The van der Waals surface area contributed by atoms with Crippen molar-refractivity contribution in [3.8, 4) is 11.3 Å². The van der Waals surface area contributed by atoms with Crippen molar-refractivity contribution < 1.29 is 9.65 Å². The molecule has 1 aromatic carbocycles. The Morgan fingerprint density at radius 2 is 2.04 bits per heavy atom. The van der Waals surface area contributed by atoms with Crippen molar-refractivity contribution in [3.05, 3.63) is 76.0 Å². The quantitative estimate of drug-likeness (QED) is 0.342. The molecule has 0 aliphatic carbocycles. The van der Waals surface area contributed by atoms with Gasteiger partial charge in [0.15, 0.2) is 12.4 Å². The molecule has 0 radical (unpaired) electrons. The summed E-state index contributed by atoms with van der Waals surface area (Å²) in [6.45, 7) is 1.84. The molecule has 2 heterocycles. The monoisotopic (exact) mass is 323 g/mol. The third kappa shape index (κ3) is 3.27. The minimum atomic E-state index is -0.451. The Labute approximate surface area is 137 Å². The predicted octanol–water partition coefficient (Wildman–Crippen LogP) is 2.74. The van der Waals surface area contributed by atoms with Crippen LogP contribution >= 0.6 is 0 Å². The van der Waals surface area contributed by atoms with E-state index in [1.54, 1.807) is 24.3 Å². The minimum Gasteiger partial charge on any atom is -0.619 e. The molecule has 0 aliphatic rings. The zero-order valence-corrected chi connectivity index (χ0v) is 12.7. The highest BCUT2D eigenvalue weighted by Crippen LogP contribution is 2.25. The summed E-state index contributed by atoms with van der Waals surface area (Å²) >= 11 is 0. The summed E-state index contributed by atoms with van der Waals surface area (Å²) < 4.78 is 0.690. The number of hydrogen-bond acceptors (Lipinski definition) is 6. The molecule has 0 saturated heterocycles. The van der Waals surface area contributed by atoms with Crippen molar-refractivity contribution in [3.63, 3.8) is 0 Å². The van der Waals surface area contributed by atoms with E-state index in [4.69, 9.17) is 0 Å². The van der Waals surface area contributed by atoms with E-state index in [-0.39, 0.29) is 5.69 Å². The Hall–Kier alpha value is -3.55. The number of anilines is 2. The molecule has 2 aromatic heterocycles. The van der Waals surface area contributed by atoms with Crippen LogP contribution in [0.5, 0.6) is 0 Å². The number of rotatable bonds is 4. The van der Waals surface area contributed by atoms with E-state index >= 15 is 0 Å². The van der Waals surface area contributed by atoms with Crippen LogP contribution in [0, 0.1) is 22.2 Å². The number of aryl methyl sites for hydroxylation is 1. The summed E-state index contributed by atoms with van der Waals surface area (Å²) in [5.41, 5.74) is 2.64. The molecule has 24 heavy (non-hydrogen) atoms. The van der Waals surface area contributed by atoms with Gasteiger partial charge in [-0.15, -0.1) is 0 Å². The molecule has 3 rings (SSSR count). The van der Waals surface area contributed by atoms with Gasteiger partial charge >= 0.3 is 0 Å². The van der Waals surface area contributed by atoms with Crippen molar-refractivity contribution >= 4 is 17.2 Å². The third-order valence-corrected chi connectivity index (χ3v) is 3.43. The number of nitro groups is 1. The molecule has 0 fully saturated rings. The molecule has 0 unspecified atom stereocenters. The molecular formula is C16H13N5O3. The second-order valence-corrected chi connectivity index (χ2v) is 5.12. The maximum absolute atomic E-state index is 11.4. The molecule has 0 amide bonds. The largest absolute Gasteiger partial charge is 0.619 e. The number of nitrogens with zero attached hydrogens (tertiary/aromatic N) is 4. The summed E-state index contributed by atoms with van der Waals surface area (Å²) in [5, 5.41) is 25.3. The average Bonchev–Trinajstić information content (AvgIpc) is 2.57. The van der Waals surface area contributed by atoms with Crippen LogP contribution in [0.15, 0.2) is 55.1 Å². The van der Waals surface area contributed by atoms with Gasteiger partial charge in [0.25, 0.3) is 5.69 Å². The Bertz CT molecular complexity index is 914. The summed E-state index contributed by atoms with van der Waals surface area (Å²) in [4.78, 5) is 18.7. The first-order chi connectivity index (χ1) is 11.5. The van der Waals surface area contributed by atoms with Gasteiger partial charge < -0.3 is 10.5 Å². The lowest BCUT2D eigenvalue weighted by molar-refractivity contribution is -0.604. The van der Waals surface area contributed by atoms with E-state index in [1.165, 1.54) is 30.9 Å². The van der Waals surface area contributed by atoms with Crippen LogP contribution in [0.3, 0.4) is 0 Å². The molecule has 120 valence electrons. The van der Waals surface area contributed by atoms with Crippen LogP contribution in [-0.2, 0) is 0 Å². The van der Waals surface area contributed by atoms with Crippen LogP contribution in [0.25, 0.3) is 11.3 Å². The van der Waals surface area contributed by atoms with Gasteiger partial charge in [-0.1, -0.05) is 6.07 Å². The number of non-ortho nitro benzene ring substituents is 1.